The first-order valence-corrected chi connectivity index (χ1v) is 8.09. The van der Waals surface area contributed by atoms with E-state index in [0.29, 0.717) is 24.4 Å². The van der Waals surface area contributed by atoms with E-state index < -0.39 is 0 Å². The highest BCUT2D eigenvalue weighted by molar-refractivity contribution is 8.00. The van der Waals surface area contributed by atoms with Crippen LogP contribution in [0, 0.1) is 0 Å². The van der Waals surface area contributed by atoms with E-state index in [9.17, 15) is 9.59 Å². The van der Waals surface area contributed by atoms with Crippen LogP contribution in [0.25, 0.3) is 0 Å². The zero-order valence-electron chi connectivity index (χ0n) is 12.6. The maximum Gasteiger partial charge on any atom is 0.252 e. The van der Waals surface area contributed by atoms with Crippen LogP contribution in [0.4, 0.5) is 0 Å². The maximum atomic E-state index is 12.1. The van der Waals surface area contributed by atoms with E-state index in [-0.39, 0.29) is 17.6 Å². The van der Waals surface area contributed by atoms with E-state index in [0.717, 1.165) is 4.90 Å². The fraction of sp³-hybridized carbons (Fsp3) is 0.176. The molecule has 1 aromatic carbocycles. The van der Waals surface area contributed by atoms with Crippen LogP contribution in [0.3, 0.4) is 0 Å². The Morgan fingerprint density at radius 3 is 2.74 bits per heavy atom. The smallest absolute Gasteiger partial charge is 0.252 e. The normalized spacial score (nSPS) is 10.1. The molecule has 0 aliphatic carbocycles. The minimum absolute atomic E-state index is 0.118. The van der Waals surface area contributed by atoms with Gasteiger partial charge in [-0.05, 0) is 24.3 Å². The molecule has 0 aliphatic heterocycles. The lowest BCUT2D eigenvalue weighted by Gasteiger charge is -2.09. The van der Waals surface area contributed by atoms with Gasteiger partial charge in [0.2, 0.25) is 5.91 Å². The summed E-state index contributed by atoms with van der Waals surface area (Å²) in [5.41, 5.74) is 0.554. The Kier molecular flexibility index (Phi) is 6.50. The molecule has 0 radical (unpaired) electrons. The minimum atomic E-state index is -0.177. The van der Waals surface area contributed by atoms with Crippen molar-refractivity contribution < 1.29 is 14.0 Å². The number of hydrogen-bond acceptors (Lipinski definition) is 4. The largest absolute Gasteiger partial charge is 0.467 e. The maximum absolute atomic E-state index is 12.1. The monoisotopic (exact) mass is 330 g/mol. The number of rotatable bonds is 8. The Balaban J connectivity index is 1.88. The van der Waals surface area contributed by atoms with E-state index in [1.165, 1.54) is 11.8 Å². The molecule has 2 rings (SSSR count). The number of thioether (sulfide) groups is 1. The molecule has 0 atom stereocenters. The fourth-order valence-electron chi connectivity index (χ4n) is 1.83. The zero-order chi connectivity index (χ0) is 16.5. The van der Waals surface area contributed by atoms with Crippen LogP contribution < -0.4 is 10.6 Å². The summed E-state index contributed by atoms with van der Waals surface area (Å²) < 4.78 is 5.15. The summed E-state index contributed by atoms with van der Waals surface area (Å²) in [5.74, 6) is 0.635. The van der Waals surface area contributed by atoms with Crippen molar-refractivity contribution in [3.63, 3.8) is 0 Å². The predicted molar refractivity (Wildman–Crippen MR) is 90.3 cm³/mol. The first-order chi connectivity index (χ1) is 11.2. The third kappa shape index (κ3) is 5.34. The standard InChI is InChI=1S/C17H18N2O3S/c1-2-9-18-17(21)14-7-3-4-8-15(14)23-12-16(20)19-11-13-6-5-10-22-13/h2-8,10H,1,9,11-12H2,(H,18,21)(H,19,20). The number of amides is 2. The number of nitrogens with one attached hydrogen (secondary N) is 2. The lowest BCUT2D eigenvalue weighted by molar-refractivity contribution is -0.118. The molecule has 0 spiro atoms. The van der Waals surface area contributed by atoms with Crippen molar-refractivity contribution in [2.24, 2.45) is 0 Å². The SMILES string of the molecule is C=CCNC(=O)c1ccccc1SCC(=O)NCc1ccco1. The highest BCUT2D eigenvalue weighted by Gasteiger charge is 2.12. The highest BCUT2D eigenvalue weighted by atomic mass is 32.2. The first-order valence-electron chi connectivity index (χ1n) is 7.10. The number of furan rings is 1. The molecule has 2 N–H and O–H groups in total. The molecule has 6 heteroatoms. The Labute approximate surface area is 139 Å². The van der Waals surface area contributed by atoms with Gasteiger partial charge in [-0.2, -0.15) is 0 Å². The van der Waals surface area contributed by atoms with E-state index in [2.05, 4.69) is 17.2 Å². The van der Waals surface area contributed by atoms with Crippen LogP contribution in [0.1, 0.15) is 16.1 Å². The summed E-state index contributed by atoms with van der Waals surface area (Å²) in [5, 5.41) is 5.51. The second-order valence-electron chi connectivity index (χ2n) is 4.64. The Morgan fingerprint density at radius 2 is 2.00 bits per heavy atom. The zero-order valence-corrected chi connectivity index (χ0v) is 13.4. The molecular weight excluding hydrogens is 312 g/mol. The summed E-state index contributed by atoms with van der Waals surface area (Å²) >= 11 is 1.32. The average Bonchev–Trinajstić information content (AvgIpc) is 3.09. The molecule has 1 heterocycles. The summed E-state index contributed by atoms with van der Waals surface area (Å²) in [4.78, 5) is 24.7. The second kappa shape index (κ2) is 8.85. The molecule has 23 heavy (non-hydrogen) atoms. The lowest BCUT2D eigenvalue weighted by atomic mass is 10.2. The lowest BCUT2D eigenvalue weighted by Crippen LogP contribution is -2.25. The van der Waals surface area contributed by atoms with Crippen molar-refractivity contribution in [1.29, 1.82) is 0 Å². The average molecular weight is 330 g/mol. The molecule has 0 unspecified atom stereocenters. The van der Waals surface area contributed by atoms with Gasteiger partial charge >= 0.3 is 0 Å². The van der Waals surface area contributed by atoms with Crippen molar-refractivity contribution in [2.75, 3.05) is 12.3 Å². The van der Waals surface area contributed by atoms with Crippen LogP contribution in [-0.2, 0) is 11.3 Å². The summed E-state index contributed by atoms with van der Waals surface area (Å²) in [6, 6.07) is 10.8. The van der Waals surface area contributed by atoms with E-state index >= 15 is 0 Å². The van der Waals surface area contributed by atoms with Gasteiger partial charge in [-0.3, -0.25) is 9.59 Å². The van der Waals surface area contributed by atoms with E-state index in [1.807, 2.05) is 12.1 Å². The topological polar surface area (TPSA) is 71.3 Å². The Hall–Kier alpha value is -2.47. The van der Waals surface area contributed by atoms with Crippen LogP contribution in [-0.4, -0.2) is 24.1 Å². The first kappa shape index (κ1) is 16.9. The van der Waals surface area contributed by atoms with Gasteiger partial charge in [0.05, 0.1) is 24.1 Å². The molecule has 0 saturated heterocycles. The van der Waals surface area contributed by atoms with Crippen molar-refractivity contribution in [2.45, 2.75) is 11.4 Å². The molecule has 0 fully saturated rings. The molecule has 120 valence electrons. The van der Waals surface area contributed by atoms with Gasteiger partial charge in [0, 0.05) is 11.4 Å². The Bertz CT molecular complexity index is 668. The van der Waals surface area contributed by atoms with Crippen molar-refractivity contribution in [1.82, 2.24) is 10.6 Å². The Morgan fingerprint density at radius 1 is 1.17 bits per heavy atom. The molecule has 0 aliphatic rings. The molecule has 0 bridgehead atoms. The molecule has 0 saturated carbocycles. The van der Waals surface area contributed by atoms with Crippen LogP contribution in [0.2, 0.25) is 0 Å². The van der Waals surface area contributed by atoms with Crippen molar-refractivity contribution in [3.8, 4) is 0 Å². The van der Waals surface area contributed by atoms with Gasteiger partial charge in [0.25, 0.3) is 5.91 Å². The second-order valence-corrected chi connectivity index (χ2v) is 5.66. The van der Waals surface area contributed by atoms with Gasteiger partial charge in [-0.15, -0.1) is 18.3 Å². The van der Waals surface area contributed by atoms with E-state index in [4.69, 9.17) is 4.42 Å². The number of hydrogen-bond donors (Lipinski definition) is 2. The number of carbonyl (C=O) groups excluding carboxylic acids is 2. The molecule has 2 amide bonds. The van der Waals surface area contributed by atoms with E-state index in [1.54, 1.807) is 36.6 Å². The third-order valence-electron chi connectivity index (χ3n) is 2.94. The molecule has 2 aromatic rings. The van der Waals surface area contributed by atoms with Gasteiger partial charge < -0.3 is 15.1 Å². The van der Waals surface area contributed by atoms with Crippen LogP contribution in [0.15, 0.2) is 64.6 Å². The third-order valence-corrected chi connectivity index (χ3v) is 4.01. The molecular formula is C17H18N2O3S. The fourth-order valence-corrected chi connectivity index (χ4v) is 2.71. The summed E-state index contributed by atoms with van der Waals surface area (Å²) in [6.45, 7) is 4.33. The van der Waals surface area contributed by atoms with Crippen molar-refractivity contribution in [3.05, 3.63) is 66.6 Å². The van der Waals surface area contributed by atoms with Gasteiger partial charge in [-0.1, -0.05) is 18.2 Å². The van der Waals surface area contributed by atoms with Gasteiger partial charge in [0.1, 0.15) is 5.76 Å². The number of carbonyl (C=O) groups is 2. The predicted octanol–water partition coefficient (Wildman–Crippen LogP) is 2.60. The quantitative estimate of drug-likeness (QED) is 0.576. The van der Waals surface area contributed by atoms with Gasteiger partial charge in [0.15, 0.2) is 0 Å². The molecule has 5 nitrogen and oxygen atoms in total. The highest BCUT2D eigenvalue weighted by Crippen LogP contribution is 2.22. The van der Waals surface area contributed by atoms with Crippen LogP contribution in [0.5, 0.6) is 0 Å². The minimum Gasteiger partial charge on any atom is -0.467 e. The van der Waals surface area contributed by atoms with Crippen LogP contribution >= 0.6 is 11.8 Å². The summed E-state index contributed by atoms with van der Waals surface area (Å²) in [7, 11) is 0. The van der Waals surface area contributed by atoms with Gasteiger partial charge in [-0.25, -0.2) is 0 Å². The molecule has 1 aromatic heterocycles. The van der Waals surface area contributed by atoms with Crippen molar-refractivity contribution >= 4 is 23.6 Å². The number of benzene rings is 1. The summed E-state index contributed by atoms with van der Waals surface area (Å²) in [6.07, 6.45) is 3.18.